The van der Waals surface area contributed by atoms with E-state index in [-0.39, 0.29) is 29.7 Å². The van der Waals surface area contributed by atoms with Crippen molar-refractivity contribution in [3.63, 3.8) is 0 Å². The van der Waals surface area contributed by atoms with Gasteiger partial charge in [0, 0.05) is 32.1 Å². The summed E-state index contributed by atoms with van der Waals surface area (Å²) in [5.74, 6) is 1.88. The Morgan fingerprint density at radius 3 is 2.43 bits per heavy atom. The second-order valence-corrected chi connectivity index (χ2v) is 15.8. The number of likely N-dealkylation sites (tertiary alicyclic amines) is 2. The van der Waals surface area contributed by atoms with E-state index in [9.17, 15) is 19.5 Å². The van der Waals surface area contributed by atoms with E-state index in [2.05, 4.69) is 53.1 Å². The maximum Gasteiger partial charge on any atom is 0.335 e. The second kappa shape index (κ2) is 11.4. The van der Waals surface area contributed by atoms with Crippen LogP contribution in [0.15, 0.2) is 42.5 Å². The number of benzene rings is 1. The van der Waals surface area contributed by atoms with Crippen molar-refractivity contribution in [1.29, 1.82) is 0 Å². The van der Waals surface area contributed by atoms with Crippen molar-refractivity contribution >= 4 is 25.7 Å². The van der Waals surface area contributed by atoms with Crippen LogP contribution in [0.25, 0.3) is 0 Å². The number of carbonyl (C=O) groups is 3. The molecule has 2 aromatic rings. The minimum Gasteiger partial charge on any atom is -0.478 e. The Bertz CT molecular complexity index is 1220. The van der Waals surface area contributed by atoms with Gasteiger partial charge in [-0.15, -0.1) is 5.54 Å². The zero-order chi connectivity index (χ0) is 26.6. The van der Waals surface area contributed by atoms with E-state index in [4.69, 9.17) is 0 Å². The van der Waals surface area contributed by atoms with Gasteiger partial charge in [-0.2, -0.15) is 0 Å². The Morgan fingerprint density at radius 2 is 1.78 bits per heavy atom. The number of Topliss-reactive ketones (excluding diaryl/α,β-unsaturated/α-hetero) is 1. The van der Waals surface area contributed by atoms with E-state index in [0.29, 0.717) is 24.2 Å². The number of hydrogen-bond acceptors (Lipinski definition) is 5. The molecule has 1 aromatic carbocycles. The van der Waals surface area contributed by atoms with Crippen molar-refractivity contribution in [2.75, 3.05) is 13.1 Å². The Balaban J connectivity index is 1.44. The molecule has 0 spiro atoms. The first kappa shape index (κ1) is 26.8. The van der Waals surface area contributed by atoms with Crippen LogP contribution in [0.3, 0.4) is 0 Å². The molecular formula is C29H35N3O4Si. The molecule has 3 heterocycles. The molecule has 1 N–H and O–H groups in total. The third-order valence-corrected chi connectivity index (χ3v) is 7.75. The Kier molecular flexibility index (Phi) is 8.25. The van der Waals surface area contributed by atoms with Crippen LogP contribution in [0.4, 0.5) is 0 Å². The first-order valence-electron chi connectivity index (χ1n) is 13.0. The number of carboxylic acid groups (broad SMARTS) is 1. The summed E-state index contributed by atoms with van der Waals surface area (Å²) in [5, 5.41) is 9.56. The summed E-state index contributed by atoms with van der Waals surface area (Å²) in [7, 11) is -1.68. The number of ketones is 1. The number of carbonyl (C=O) groups excluding carboxylic acids is 2. The molecule has 37 heavy (non-hydrogen) atoms. The summed E-state index contributed by atoms with van der Waals surface area (Å²) in [6.07, 6.45) is 2.54. The zero-order valence-corrected chi connectivity index (χ0v) is 22.9. The van der Waals surface area contributed by atoms with E-state index >= 15 is 0 Å². The predicted molar refractivity (Wildman–Crippen MR) is 145 cm³/mol. The quantitative estimate of drug-likeness (QED) is 0.444. The second-order valence-electron chi connectivity index (χ2n) is 11.0. The lowest BCUT2D eigenvalue weighted by Crippen LogP contribution is -2.50. The average molecular weight is 518 g/mol. The van der Waals surface area contributed by atoms with Crippen LogP contribution < -0.4 is 0 Å². The molecule has 4 rings (SSSR count). The fourth-order valence-corrected chi connectivity index (χ4v) is 5.59. The number of aromatic nitrogens is 1. The molecule has 7 nitrogen and oxygen atoms in total. The van der Waals surface area contributed by atoms with Crippen molar-refractivity contribution in [2.45, 2.75) is 70.4 Å². The number of pyridine rings is 1. The molecule has 194 valence electrons. The van der Waals surface area contributed by atoms with E-state index in [1.54, 1.807) is 0 Å². The van der Waals surface area contributed by atoms with Gasteiger partial charge in [-0.05, 0) is 37.0 Å². The lowest BCUT2D eigenvalue weighted by Gasteiger charge is -2.39. The van der Waals surface area contributed by atoms with E-state index in [1.807, 2.05) is 23.1 Å². The molecule has 2 aliphatic rings. The maximum atomic E-state index is 13.4. The van der Waals surface area contributed by atoms with Crippen molar-refractivity contribution in [1.82, 2.24) is 14.8 Å². The van der Waals surface area contributed by atoms with Crippen LogP contribution in [0.2, 0.25) is 19.6 Å². The molecule has 2 fully saturated rings. The monoisotopic (exact) mass is 517 g/mol. The molecule has 1 aromatic heterocycles. The molecule has 0 radical (unpaired) electrons. The Hall–Kier alpha value is -3.28. The highest BCUT2D eigenvalue weighted by Gasteiger charge is 2.41. The minimum absolute atomic E-state index is 0.00988. The molecule has 0 unspecified atom stereocenters. The van der Waals surface area contributed by atoms with Gasteiger partial charge in [0.1, 0.15) is 13.8 Å². The van der Waals surface area contributed by atoms with Crippen LogP contribution in [-0.4, -0.2) is 70.8 Å². The molecule has 0 saturated carbocycles. The summed E-state index contributed by atoms with van der Waals surface area (Å²) in [6.45, 7) is 8.95. The molecule has 0 bridgehead atoms. The predicted octanol–water partition coefficient (Wildman–Crippen LogP) is 3.78. The lowest BCUT2D eigenvalue weighted by atomic mass is 9.98. The molecule has 2 aliphatic heterocycles. The first-order chi connectivity index (χ1) is 17.6. The highest BCUT2D eigenvalue weighted by molar-refractivity contribution is 6.83. The van der Waals surface area contributed by atoms with Gasteiger partial charge in [-0.3, -0.25) is 14.5 Å². The van der Waals surface area contributed by atoms with Crippen LogP contribution in [0, 0.1) is 11.5 Å². The fraction of sp³-hybridized carbons (Fsp3) is 0.448. The van der Waals surface area contributed by atoms with Gasteiger partial charge in [0.2, 0.25) is 5.91 Å². The van der Waals surface area contributed by atoms with E-state index in [1.165, 1.54) is 17.7 Å². The average Bonchev–Trinajstić information content (AvgIpc) is 3.25. The topological polar surface area (TPSA) is 90.8 Å². The van der Waals surface area contributed by atoms with Gasteiger partial charge in [-0.1, -0.05) is 55.9 Å². The molecule has 0 aliphatic carbocycles. The third-order valence-electron chi connectivity index (χ3n) is 6.87. The van der Waals surface area contributed by atoms with Gasteiger partial charge in [-0.25, -0.2) is 9.78 Å². The maximum absolute atomic E-state index is 13.4. The summed E-state index contributed by atoms with van der Waals surface area (Å²) in [5.41, 5.74) is 5.31. The van der Waals surface area contributed by atoms with Crippen molar-refractivity contribution in [3.8, 4) is 11.5 Å². The zero-order valence-electron chi connectivity index (χ0n) is 21.9. The summed E-state index contributed by atoms with van der Waals surface area (Å²) >= 11 is 0. The number of carboxylic acids is 1. The van der Waals surface area contributed by atoms with Crippen LogP contribution >= 0.6 is 0 Å². The van der Waals surface area contributed by atoms with Crippen molar-refractivity contribution in [2.24, 2.45) is 0 Å². The van der Waals surface area contributed by atoms with Crippen molar-refractivity contribution in [3.05, 3.63) is 65.0 Å². The molecule has 1 atom stereocenters. The minimum atomic E-state index is -1.68. The summed E-state index contributed by atoms with van der Waals surface area (Å²) in [6, 6.07) is 12.8. The van der Waals surface area contributed by atoms with Gasteiger partial charge in [0.15, 0.2) is 5.78 Å². The van der Waals surface area contributed by atoms with E-state index in [0.717, 1.165) is 32.5 Å². The molecular weight excluding hydrogens is 482 g/mol. The smallest absolute Gasteiger partial charge is 0.335 e. The van der Waals surface area contributed by atoms with E-state index < -0.39 is 20.1 Å². The largest absolute Gasteiger partial charge is 0.478 e. The lowest BCUT2D eigenvalue weighted by molar-refractivity contribution is -0.137. The molecule has 2 saturated heterocycles. The summed E-state index contributed by atoms with van der Waals surface area (Å²) in [4.78, 5) is 46.6. The van der Waals surface area contributed by atoms with Crippen LogP contribution in [0.5, 0.6) is 0 Å². The highest BCUT2D eigenvalue weighted by atomic mass is 28.3. The van der Waals surface area contributed by atoms with Crippen LogP contribution in [0.1, 0.15) is 53.0 Å². The van der Waals surface area contributed by atoms with Crippen LogP contribution in [-0.2, 0) is 22.6 Å². The van der Waals surface area contributed by atoms with Gasteiger partial charge >= 0.3 is 5.97 Å². The third kappa shape index (κ3) is 7.15. The Morgan fingerprint density at radius 1 is 1.08 bits per heavy atom. The van der Waals surface area contributed by atoms with Gasteiger partial charge in [0.05, 0.1) is 23.7 Å². The SMILES string of the molecule is C[Si](C)(C)C#Cc1cc(C(=O)O)cc(CC(=O)[C@H]2CCC(=O)N2C2CCN(Cc3ccccc3)CC2)n1. The number of nitrogens with zero attached hydrogens (tertiary/aromatic N) is 3. The van der Waals surface area contributed by atoms with Gasteiger partial charge in [0.25, 0.3) is 0 Å². The number of hydrogen-bond donors (Lipinski definition) is 1. The highest BCUT2D eigenvalue weighted by Crippen LogP contribution is 2.29. The number of piperidine rings is 1. The van der Waals surface area contributed by atoms with Gasteiger partial charge < -0.3 is 10.0 Å². The summed E-state index contributed by atoms with van der Waals surface area (Å²) < 4.78 is 0. The number of rotatable bonds is 7. The molecule has 1 amide bonds. The number of amides is 1. The number of aromatic carboxylic acids is 1. The molecule has 8 heteroatoms. The van der Waals surface area contributed by atoms with Crippen molar-refractivity contribution < 1.29 is 19.5 Å². The first-order valence-corrected chi connectivity index (χ1v) is 16.5. The Labute approximate surface area is 219 Å². The normalized spacial score (nSPS) is 18.9. The fourth-order valence-electron chi connectivity index (χ4n) is 5.09. The standard InChI is InChI=1S/C29H35N3O4Si/c1-37(2,3)16-13-23-17-22(29(35)36)18-24(30-23)19-27(33)26-9-10-28(34)32(26)25-11-14-31(15-12-25)20-21-7-5-4-6-8-21/h4-8,17-18,25-26H,9-12,14-15,19-20H2,1-3H3,(H,35,36)/t26-/m1/s1.